The molecule has 1 heterocycles. The zero-order valence-electron chi connectivity index (χ0n) is 12.9. The zero-order valence-corrected chi connectivity index (χ0v) is 14.5. The number of nitrogens with one attached hydrogen (secondary N) is 2. The Morgan fingerprint density at radius 3 is 2.61 bits per heavy atom. The maximum Gasteiger partial charge on any atom is 0.268 e. The zero-order chi connectivity index (χ0) is 16.4. The number of benzene rings is 2. The van der Waals surface area contributed by atoms with Gasteiger partial charge in [-0.2, -0.15) is 0 Å². The van der Waals surface area contributed by atoms with Crippen LogP contribution in [0.15, 0.2) is 53.4 Å². The summed E-state index contributed by atoms with van der Waals surface area (Å²) in [7, 11) is 0. The van der Waals surface area contributed by atoms with E-state index >= 15 is 0 Å². The topological polar surface area (TPSA) is 44.9 Å². The van der Waals surface area contributed by atoms with Gasteiger partial charge >= 0.3 is 0 Å². The first kappa shape index (κ1) is 16.0. The van der Waals surface area contributed by atoms with Gasteiger partial charge in [-0.25, -0.2) is 0 Å². The second-order valence-corrected chi connectivity index (χ2v) is 6.70. The van der Waals surface area contributed by atoms with Gasteiger partial charge in [0.15, 0.2) is 0 Å². The van der Waals surface area contributed by atoms with Crippen molar-refractivity contribution in [1.82, 2.24) is 10.3 Å². The molecule has 0 bridgehead atoms. The maximum absolute atomic E-state index is 12.4. The normalized spacial score (nSPS) is 12.3. The quantitative estimate of drug-likeness (QED) is 0.652. The maximum atomic E-state index is 12.4. The fourth-order valence-corrected chi connectivity index (χ4v) is 3.06. The monoisotopic (exact) mass is 344 g/mol. The molecule has 2 N–H and O–H groups in total. The number of rotatable bonds is 4. The molecule has 0 radical (unpaired) electrons. The number of hydrogen-bond donors (Lipinski definition) is 2. The van der Waals surface area contributed by atoms with E-state index in [2.05, 4.69) is 22.4 Å². The van der Waals surface area contributed by atoms with Gasteiger partial charge in [0.2, 0.25) is 0 Å². The highest BCUT2D eigenvalue weighted by molar-refractivity contribution is 7.98. The van der Waals surface area contributed by atoms with Gasteiger partial charge in [0, 0.05) is 20.8 Å². The molecule has 0 fully saturated rings. The van der Waals surface area contributed by atoms with Crippen LogP contribution in [0.4, 0.5) is 0 Å². The lowest BCUT2D eigenvalue weighted by Gasteiger charge is -2.14. The minimum absolute atomic E-state index is 0.0617. The lowest BCUT2D eigenvalue weighted by atomic mass is 10.1. The Labute approximate surface area is 144 Å². The van der Waals surface area contributed by atoms with Crippen molar-refractivity contribution in [3.05, 3.63) is 64.8 Å². The molecule has 1 unspecified atom stereocenters. The highest BCUT2D eigenvalue weighted by atomic mass is 35.5. The first-order valence-corrected chi connectivity index (χ1v) is 8.90. The molecular formula is C18H17ClN2OS. The van der Waals surface area contributed by atoms with Crippen LogP contribution in [0, 0.1) is 0 Å². The number of carbonyl (C=O) groups is 1. The van der Waals surface area contributed by atoms with Gasteiger partial charge in [0.05, 0.1) is 6.04 Å². The van der Waals surface area contributed by atoms with Crippen molar-refractivity contribution in [3.63, 3.8) is 0 Å². The largest absolute Gasteiger partial charge is 0.351 e. The highest BCUT2D eigenvalue weighted by Gasteiger charge is 2.13. The number of amides is 1. The Morgan fingerprint density at radius 1 is 1.17 bits per heavy atom. The van der Waals surface area contributed by atoms with Crippen LogP contribution < -0.4 is 5.32 Å². The van der Waals surface area contributed by atoms with Gasteiger partial charge in [0.1, 0.15) is 5.69 Å². The van der Waals surface area contributed by atoms with E-state index in [0.29, 0.717) is 10.7 Å². The van der Waals surface area contributed by atoms with Gasteiger partial charge in [-0.1, -0.05) is 23.7 Å². The predicted molar refractivity (Wildman–Crippen MR) is 97.4 cm³/mol. The van der Waals surface area contributed by atoms with E-state index in [-0.39, 0.29) is 11.9 Å². The van der Waals surface area contributed by atoms with Gasteiger partial charge in [-0.05, 0) is 55.1 Å². The molecule has 1 aromatic heterocycles. The van der Waals surface area contributed by atoms with Crippen molar-refractivity contribution < 1.29 is 4.79 Å². The third-order valence-corrected chi connectivity index (χ3v) is 4.77. The van der Waals surface area contributed by atoms with E-state index in [9.17, 15) is 4.79 Å². The molecule has 23 heavy (non-hydrogen) atoms. The number of H-pyrrole nitrogens is 1. The molecule has 118 valence electrons. The lowest BCUT2D eigenvalue weighted by Crippen LogP contribution is -2.26. The van der Waals surface area contributed by atoms with Crippen molar-refractivity contribution in [2.24, 2.45) is 0 Å². The average Bonchev–Trinajstić information content (AvgIpc) is 2.98. The van der Waals surface area contributed by atoms with Gasteiger partial charge < -0.3 is 10.3 Å². The van der Waals surface area contributed by atoms with Crippen molar-refractivity contribution >= 4 is 40.2 Å². The smallest absolute Gasteiger partial charge is 0.268 e. The van der Waals surface area contributed by atoms with Crippen molar-refractivity contribution in [3.8, 4) is 0 Å². The molecule has 5 heteroatoms. The van der Waals surface area contributed by atoms with Gasteiger partial charge in [-0.3, -0.25) is 4.79 Å². The Hall–Kier alpha value is -1.91. The van der Waals surface area contributed by atoms with Crippen LogP contribution >= 0.6 is 23.4 Å². The number of aromatic nitrogens is 1. The molecule has 0 aliphatic rings. The number of halogens is 1. The van der Waals surface area contributed by atoms with Crippen LogP contribution in [0.25, 0.3) is 10.9 Å². The standard InChI is InChI=1S/C18H17ClN2OS/c1-11(12-3-6-15(23-2)7-4-12)20-18(22)17-10-13-9-14(19)5-8-16(13)21-17/h3-11,21H,1-2H3,(H,20,22). The SMILES string of the molecule is CSc1ccc(C(C)NC(=O)c2cc3cc(Cl)ccc3[nH]2)cc1. The summed E-state index contributed by atoms with van der Waals surface area (Å²) >= 11 is 7.68. The van der Waals surface area contributed by atoms with E-state index < -0.39 is 0 Å². The molecule has 0 spiro atoms. The highest BCUT2D eigenvalue weighted by Crippen LogP contribution is 2.22. The number of carbonyl (C=O) groups excluding carboxylic acids is 1. The summed E-state index contributed by atoms with van der Waals surface area (Å²) in [4.78, 5) is 16.8. The van der Waals surface area contributed by atoms with E-state index in [1.165, 1.54) is 4.90 Å². The van der Waals surface area contributed by atoms with Crippen molar-refractivity contribution in [2.45, 2.75) is 17.9 Å². The minimum Gasteiger partial charge on any atom is -0.351 e. The minimum atomic E-state index is -0.126. The number of aromatic amines is 1. The number of fused-ring (bicyclic) bond motifs is 1. The third kappa shape index (κ3) is 3.54. The Balaban J connectivity index is 1.76. The van der Waals surface area contributed by atoms with E-state index in [4.69, 9.17) is 11.6 Å². The number of hydrogen-bond acceptors (Lipinski definition) is 2. The fraction of sp³-hybridized carbons (Fsp3) is 0.167. The van der Waals surface area contributed by atoms with E-state index in [0.717, 1.165) is 16.5 Å². The molecule has 2 aromatic carbocycles. The molecule has 0 saturated carbocycles. The Bertz CT molecular complexity index is 842. The van der Waals surface area contributed by atoms with Crippen LogP contribution in [-0.2, 0) is 0 Å². The van der Waals surface area contributed by atoms with Crippen LogP contribution in [0.1, 0.15) is 29.0 Å². The molecule has 3 rings (SSSR count). The van der Waals surface area contributed by atoms with Crippen LogP contribution in [0.5, 0.6) is 0 Å². The van der Waals surface area contributed by atoms with E-state index in [1.54, 1.807) is 17.8 Å². The molecule has 0 aliphatic heterocycles. The molecule has 1 amide bonds. The van der Waals surface area contributed by atoms with Gasteiger partial charge in [-0.15, -0.1) is 11.8 Å². The first-order chi connectivity index (χ1) is 11.1. The lowest BCUT2D eigenvalue weighted by molar-refractivity contribution is 0.0935. The van der Waals surface area contributed by atoms with Crippen LogP contribution in [-0.4, -0.2) is 17.1 Å². The van der Waals surface area contributed by atoms with E-state index in [1.807, 2.05) is 43.5 Å². The summed E-state index contributed by atoms with van der Waals surface area (Å²) in [5.74, 6) is -0.126. The third-order valence-electron chi connectivity index (χ3n) is 3.79. The second-order valence-electron chi connectivity index (χ2n) is 5.38. The summed E-state index contributed by atoms with van der Waals surface area (Å²) in [5.41, 5.74) is 2.52. The molecular weight excluding hydrogens is 328 g/mol. The fourth-order valence-electron chi connectivity index (χ4n) is 2.48. The Morgan fingerprint density at radius 2 is 1.91 bits per heavy atom. The summed E-state index contributed by atoms with van der Waals surface area (Å²) < 4.78 is 0. The summed E-state index contributed by atoms with van der Waals surface area (Å²) in [5, 5.41) is 4.60. The average molecular weight is 345 g/mol. The van der Waals surface area contributed by atoms with Crippen LogP contribution in [0.2, 0.25) is 5.02 Å². The van der Waals surface area contributed by atoms with Crippen molar-refractivity contribution in [2.75, 3.05) is 6.26 Å². The van der Waals surface area contributed by atoms with Crippen molar-refractivity contribution in [1.29, 1.82) is 0 Å². The Kier molecular flexibility index (Phi) is 4.64. The van der Waals surface area contributed by atoms with Crippen LogP contribution in [0.3, 0.4) is 0 Å². The molecule has 0 aliphatic carbocycles. The first-order valence-electron chi connectivity index (χ1n) is 7.30. The molecule has 0 saturated heterocycles. The molecule has 3 nitrogen and oxygen atoms in total. The summed E-state index contributed by atoms with van der Waals surface area (Å²) in [6.45, 7) is 1.98. The predicted octanol–water partition coefficient (Wildman–Crippen LogP) is 5.03. The summed E-state index contributed by atoms with van der Waals surface area (Å²) in [6, 6.07) is 15.5. The number of thioether (sulfide) groups is 1. The van der Waals surface area contributed by atoms with Gasteiger partial charge in [0.25, 0.3) is 5.91 Å². The molecule has 3 aromatic rings. The summed E-state index contributed by atoms with van der Waals surface area (Å²) in [6.07, 6.45) is 2.04. The molecule has 1 atom stereocenters. The second kappa shape index (κ2) is 6.69.